The van der Waals surface area contributed by atoms with Gasteiger partial charge in [0.2, 0.25) is 0 Å². The SMILES string of the molecule is CCc1ccc2c(CSC(N)=Nc3ccc([C@@H](C)CC)cc3)cc(=O)oc2c1. The van der Waals surface area contributed by atoms with Crippen molar-refractivity contribution in [3.63, 3.8) is 0 Å². The van der Waals surface area contributed by atoms with Gasteiger partial charge < -0.3 is 10.2 Å². The molecule has 0 aliphatic carbocycles. The number of nitrogens with zero attached hydrogens (tertiary/aromatic N) is 1. The molecule has 1 atom stereocenters. The summed E-state index contributed by atoms with van der Waals surface area (Å²) in [6, 6.07) is 15.7. The molecule has 146 valence electrons. The Morgan fingerprint density at radius 1 is 1.14 bits per heavy atom. The van der Waals surface area contributed by atoms with Gasteiger partial charge in [0.1, 0.15) is 5.58 Å². The van der Waals surface area contributed by atoms with E-state index in [2.05, 4.69) is 44.0 Å². The number of benzene rings is 2. The summed E-state index contributed by atoms with van der Waals surface area (Å²) in [6.45, 7) is 6.47. The second-order valence-corrected chi connectivity index (χ2v) is 7.91. The number of hydrogen-bond acceptors (Lipinski definition) is 4. The van der Waals surface area contributed by atoms with Crippen molar-refractivity contribution in [2.45, 2.75) is 45.3 Å². The number of nitrogens with two attached hydrogens (primary N) is 1. The van der Waals surface area contributed by atoms with Crippen molar-refractivity contribution in [1.82, 2.24) is 0 Å². The monoisotopic (exact) mass is 394 g/mol. The van der Waals surface area contributed by atoms with Crippen molar-refractivity contribution >= 4 is 33.6 Å². The van der Waals surface area contributed by atoms with Crippen molar-refractivity contribution in [2.75, 3.05) is 0 Å². The molecular formula is C23H26N2O2S. The summed E-state index contributed by atoms with van der Waals surface area (Å²) in [5.41, 5.74) is 10.6. The lowest BCUT2D eigenvalue weighted by Gasteiger charge is -2.09. The van der Waals surface area contributed by atoms with Crippen LogP contribution in [0.15, 0.2) is 62.7 Å². The van der Waals surface area contributed by atoms with Gasteiger partial charge in [-0.15, -0.1) is 0 Å². The number of thioether (sulfide) groups is 1. The van der Waals surface area contributed by atoms with Crippen molar-refractivity contribution in [1.29, 1.82) is 0 Å². The largest absolute Gasteiger partial charge is 0.423 e. The Morgan fingerprint density at radius 3 is 2.57 bits per heavy atom. The molecule has 0 aliphatic heterocycles. The Bertz CT molecular complexity index is 1040. The first-order valence-corrected chi connectivity index (χ1v) is 10.6. The Labute approximate surface area is 169 Å². The van der Waals surface area contributed by atoms with Gasteiger partial charge in [0.25, 0.3) is 0 Å². The van der Waals surface area contributed by atoms with E-state index in [1.165, 1.54) is 23.4 Å². The van der Waals surface area contributed by atoms with E-state index in [0.717, 1.165) is 35.0 Å². The minimum Gasteiger partial charge on any atom is -0.423 e. The third-order valence-corrected chi connectivity index (χ3v) is 5.83. The molecule has 3 rings (SSSR count). The van der Waals surface area contributed by atoms with Crippen molar-refractivity contribution in [3.05, 3.63) is 75.6 Å². The second-order valence-electron chi connectivity index (χ2n) is 6.91. The summed E-state index contributed by atoms with van der Waals surface area (Å²) in [4.78, 5) is 16.4. The maximum atomic E-state index is 11.9. The highest BCUT2D eigenvalue weighted by Gasteiger charge is 2.08. The molecule has 1 aromatic heterocycles. The maximum Gasteiger partial charge on any atom is 0.336 e. The minimum atomic E-state index is -0.340. The third kappa shape index (κ3) is 4.84. The fourth-order valence-corrected chi connectivity index (χ4v) is 3.75. The average molecular weight is 395 g/mol. The lowest BCUT2D eigenvalue weighted by atomic mass is 9.99. The Hall–Kier alpha value is -2.53. The minimum absolute atomic E-state index is 0.340. The molecule has 5 heteroatoms. The van der Waals surface area contributed by atoms with Gasteiger partial charge in [-0.2, -0.15) is 0 Å². The summed E-state index contributed by atoms with van der Waals surface area (Å²) < 4.78 is 5.36. The highest BCUT2D eigenvalue weighted by atomic mass is 32.2. The molecule has 0 spiro atoms. The molecule has 2 aromatic carbocycles. The summed E-state index contributed by atoms with van der Waals surface area (Å²) >= 11 is 1.42. The van der Waals surface area contributed by atoms with Crippen LogP contribution in [0.1, 0.15) is 49.8 Å². The van der Waals surface area contributed by atoms with Gasteiger partial charge in [0, 0.05) is 17.2 Å². The first kappa shape index (κ1) is 20.2. The van der Waals surface area contributed by atoms with Crippen molar-refractivity contribution in [2.24, 2.45) is 10.7 Å². The quantitative estimate of drug-likeness (QED) is 0.328. The van der Waals surface area contributed by atoms with Gasteiger partial charge in [-0.25, -0.2) is 9.79 Å². The first-order chi connectivity index (χ1) is 13.5. The number of aliphatic imine (C=N–C) groups is 1. The van der Waals surface area contributed by atoms with Gasteiger partial charge >= 0.3 is 5.63 Å². The molecule has 0 unspecified atom stereocenters. The predicted octanol–water partition coefficient (Wildman–Crippen LogP) is 5.75. The number of hydrogen-bond donors (Lipinski definition) is 1. The Morgan fingerprint density at radius 2 is 1.89 bits per heavy atom. The van der Waals surface area contributed by atoms with Gasteiger partial charge in [-0.05, 0) is 53.6 Å². The average Bonchev–Trinajstić information content (AvgIpc) is 2.71. The van der Waals surface area contributed by atoms with Crippen LogP contribution in [0.4, 0.5) is 5.69 Å². The number of amidine groups is 1. The van der Waals surface area contributed by atoms with Crippen molar-refractivity contribution < 1.29 is 4.42 Å². The topological polar surface area (TPSA) is 68.6 Å². The smallest absolute Gasteiger partial charge is 0.336 e. The Kier molecular flexibility index (Phi) is 6.57. The van der Waals surface area contributed by atoms with E-state index >= 15 is 0 Å². The molecule has 4 nitrogen and oxygen atoms in total. The molecule has 0 radical (unpaired) electrons. The normalized spacial score (nSPS) is 13.0. The zero-order valence-electron chi connectivity index (χ0n) is 16.6. The van der Waals surface area contributed by atoms with E-state index in [9.17, 15) is 4.79 Å². The van der Waals surface area contributed by atoms with Crippen LogP contribution in [-0.4, -0.2) is 5.17 Å². The second kappa shape index (κ2) is 9.11. The molecular weight excluding hydrogens is 368 g/mol. The van der Waals surface area contributed by atoms with Gasteiger partial charge in [-0.1, -0.05) is 56.8 Å². The molecule has 0 aliphatic rings. The van der Waals surface area contributed by atoms with Crippen molar-refractivity contribution in [3.8, 4) is 0 Å². The molecule has 1 heterocycles. The van der Waals surface area contributed by atoms with E-state index in [1.807, 2.05) is 24.3 Å². The van der Waals surface area contributed by atoms with Crippen LogP contribution in [0.5, 0.6) is 0 Å². The van der Waals surface area contributed by atoms with Crippen LogP contribution in [0.25, 0.3) is 11.0 Å². The predicted molar refractivity (Wildman–Crippen MR) is 120 cm³/mol. The molecule has 0 fully saturated rings. The number of aryl methyl sites for hydroxylation is 1. The van der Waals surface area contributed by atoms with E-state index in [1.54, 1.807) is 0 Å². The Balaban J connectivity index is 1.76. The molecule has 0 saturated carbocycles. The van der Waals surface area contributed by atoms with Crippen LogP contribution in [-0.2, 0) is 12.2 Å². The van der Waals surface area contributed by atoms with Crippen LogP contribution in [0.2, 0.25) is 0 Å². The number of fused-ring (bicyclic) bond motifs is 1. The molecule has 2 N–H and O–H groups in total. The summed E-state index contributed by atoms with van der Waals surface area (Å²) in [6.07, 6.45) is 2.01. The van der Waals surface area contributed by atoms with Crippen LogP contribution in [0, 0.1) is 0 Å². The maximum absolute atomic E-state index is 11.9. The highest BCUT2D eigenvalue weighted by Crippen LogP contribution is 2.25. The van der Waals surface area contributed by atoms with E-state index in [-0.39, 0.29) is 5.63 Å². The van der Waals surface area contributed by atoms with E-state index in [0.29, 0.717) is 22.4 Å². The standard InChI is InChI=1S/C23H26N2O2S/c1-4-15(3)17-7-9-19(10-8-17)25-23(24)28-14-18-13-22(26)27-21-12-16(5-2)6-11-20(18)21/h6-13,15H,4-5,14H2,1-3H3,(H2,24,25)/t15-/m0/s1. The molecule has 3 aromatic rings. The molecule has 0 amide bonds. The third-order valence-electron chi connectivity index (χ3n) is 4.99. The van der Waals surface area contributed by atoms with Crippen LogP contribution >= 0.6 is 11.8 Å². The molecule has 0 saturated heterocycles. The summed E-state index contributed by atoms with van der Waals surface area (Å²) in [5.74, 6) is 1.10. The van der Waals surface area contributed by atoms with Gasteiger partial charge in [0.15, 0.2) is 5.17 Å². The zero-order chi connectivity index (χ0) is 20.1. The van der Waals surface area contributed by atoms with E-state index < -0.39 is 0 Å². The summed E-state index contributed by atoms with van der Waals surface area (Å²) in [5, 5.41) is 1.41. The zero-order valence-corrected chi connectivity index (χ0v) is 17.4. The summed E-state index contributed by atoms with van der Waals surface area (Å²) in [7, 11) is 0. The number of rotatable bonds is 6. The van der Waals surface area contributed by atoms with E-state index in [4.69, 9.17) is 10.2 Å². The fraction of sp³-hybridized carbons (Fsp3) is 0.304. The first-order valence-electron chi connectivity index (χ1n) is 9.62. The highest BCUT2D eigenvalue weighted by molar-refractivity contribution is 8.13. The van der Waals surface area contributed by atoms with Crippen LogP contribution < -0.4 is 11.4 Å². The lowest BCUT2D eigenvalue weighted by molar-refractivity contribution is 0.559. The van der Waals surface area contributed by atoms with Gasteiger partial charge in [0.05, 0.1) is 5.69 Å². The van der Waals surface area contributed by atoms with Crippen LogP contribution in [0.3, 0.4) is 0 Å². The lowest BCUT2D eigenvalue weighted by Crippen LogP contribution is -2.07. The van der Waals surface area contributed by atoms with Gasteiger partial charge in [-0.3, -0.25) is 0 Å². The molecule has 28 heavy (non-hydrogen) atoms. The molecule has 0 bridgehead atoms. The fourth-order valence-electron chi connectivity index (χ4n) is 3.04.